The van der Waals surface area contributed by atoms with Crippen LogP contribution in [0.2, 0.25) is 0 Å². The average Bonchev–Trinajstić information content (AvgIpc) is 2.27. The Balaban J connectivity index is 4.00. The van der Waals surface area contributed by atoms with Crippen LogP contribution >= 0.6 is 7.60 Å². The predicted molar refractivity (Wildman–Crippen MR) is 60.9 cm³/mol. The van der Waals surface area contributed by atoms with E-state index in [-0.39, 0.29) is 0 Å². The van der Waals surface area contributed by atoms with Crippen LogP contribution in [0.1, 0.15) is 32.6 Å². The number of rotatable bonds is 8. The van der Waals surface area contributed by atoms with Crippen molar-refractivity contribution in [2.75, 3.05) is 14.2 Å². The molecule has 0 rings (SSSR count). The van der Waals surface area contributed by atoms with Gasteiger partial charge in [0, 0.05) is 14.2 Å². The van der Waals surface area contributed by atoms with Crippen molar-refractivity contribution in [1.29, 1.82) is 0 Å². The summed E-state index contributed by atoms with van der Waals surface area (Å²) >= 11 is 0. The second-order valence-corrected chi connectivity index (χ2v) is 5.58. The van der Waals surface area contributed by atoms with Gasteiger partial charge in [-0.05, 0) is 18.9 Å². The van der Waals surface area contributed by atoms with Crippen molar-refractivity contribution < 1.29 is 18.7 Å². The van der Waals surface area contributed by atoms with Crippen molar-refractivity contribution in [2.45, 2.75) is 38.5 Å². The Morgan fingerprint density at radius 2 is 1.93 bits per heavy atom. The van der Waals surface area contributed by atoms with Crippen molar-refractivity contribution in [3.05, 3.63) is 12.2 Å². The van der Waals surface area contributed by atoms with Crippen LogP contribution in [0, 0.1) is 0 Å². The SMILES string of the molecule is CCCCC/C=C/C(O)P(=O)(OC)OC. The first-order valence-corrected chi connectivity index (χ1v) is 6.77. The minimum absolute atomic E-state index is 0.873. The summed E-state index contributed by atoms with van der Waals surface area (Å²) in [6.07, 6.45) is 7.55. The van der Waals surface area contributed by atoms with Crippen LogP contribution < -0.4 is 0 Å². The normalized spacial score (nSPS) is 14.7. The number of aliphatic hydroxyl groups is 1. The molecule has 0 saturated heterocycles. The Morgan fingerprint density at radius 3 is 2.40 bits per heavy atom. The lowest BCUT2D eigenvalue weighted by molar-refractivity contribution is 0.200. The zero-order chi connectivity index (χ0) is 11.7. The number of aliphatic hydroxyl groups excluding tert-OH is 1. The molecule has 0 aromatic carbocycles. The molecule has 15 heavy (non-hydrogen) atoms. The topological polar surface area (TPSA) is 55.8 Å². The van der Waals surface area contributed by atoms with Gasteiger partial charge in [-0.15, -0.1) is 0 Å². The molecule has 0 aliphatic carbocycles. The summed E-state index contributed by atoms with van der Waals surface area (Å²) in [7, 11) is -0.834. The largest absolute Gasteiger partial charge is 0.377 e. The van der Waals surface area contributed by atoms with Gasteiger partial charge in [0.1, 0.15) is 0 Å². The molecule has 0 amide bonds. The fourth-order valence-corrected chi connectivity index (χ4v) is 2.04. The molecule has 0 heterocycles. The first-order valence-electron chi connectivity index (χ1n) is 5.16. The summed E-state index contributed by atoms with van der Waals surface area (Å²) in [5, 5.41) is 9.52. The lowest BCUT2D eigenvalue weighted by atomic mass is 10.2. The molecule has 5 heteroatoms. The Bertz CT molecular complexity index is 219. The van der Waals surface area contributed by atoms with E-state index in [1.54, 1.807) is 0 Å². The van der Waals surface area contributed by atoms with Gasteiger partial charge >= 0.3 is 7.60 Å². The van der Waals surface area contributed by atoms with Crippen LogP contribution in [0.4, 0.5) is 0 Å². The maximum Gasteiger partial charge on any atom is 0.362 e. The maximum atomic E-state index is 11.6. The van der Waals surface area contributed by atoms with Gasteiger partial charge in [-0.25, -0.2) is 0 Å². The highest BCUT2D eigenvalue weighted by Gasteiger charge is 2.29. The molecular formula is C10H21O4P. The van der Waals surface area contributed by atoms with E-state index in [4.69, 9.17) is 0 Å². The first kappa shape index (κ1) is 14.8. The quantitative estimate of drug-likeness (QED) is 0.400. The van der Waals surface area contributed by atoms with Gasteiger partial charge < -0.3 is 14.2 Å². The van der Waals surface area contributed by atoms with Crippen LogP contribution in [0.15, 0.2) is 12.2 Å². The van der Waals surface area contributed by atoms with Crippen LogP contribution in [0.5, 0.6) is 0 Å². The van der Waals surface area contributed by atoms with Crippen LogP contribution in [0.3, 0.4) is 0 Å². The summed E-state index contributed by atoms with van der Waals surface area (Å²) in [6, 6.07) is 0. The molecule has 0 radical (unpaired) electrons. The van der Waals surface area contributed by atoms with Crippen molar-refractivity contribution in [2.24, 2.45) is 0 Å². The monoisotopic (exact) mass is 236 g/mol. The van der Waals surface area contributed by atoms with E-state index in [9.17, 15) is 9.67 Å². The second kappa shape index (κ2) is 8.05. The van der Waals surface area contributed by atoms with Crippen molar-refractivity contribution >= 4 is 7.60 Å². The Hall–Kier alpha value is -0.150. The molecule has 90 valence electrons. The van der Waals surface area contributed by atoms with Crippen LogP contribution in [0.25, 0.3) is 0 Å². The molecule has 1 N–H and O–H groups in total. The Kier molecular flexibility index (Phi) is 7.97. The zero-order valence-corrected chi connectivity index (χ0v) is 10.6. The molecule has 0 aliphatic rings. The van der Waals surface area contributed by atoms with Crippen molar-refractivity contribution in [3.8, 4) is 0 Å². The van der Waals surface area contributed by atoms with Gasteiger partial charge in [0.2, 0.25) is 0 Å². The number of hydrogen-bond acceptors (Lipinski definition) is 4. The summed E-state index contributed by atoms with van der Waals surface area (Å²) in [5.74, 6) is -1.17. The molecule has 1 unspecified atom stereocenters. The van der Waals surface area contributed by atoms with E-state index < -0.39 is 13.4 Å². The van der Waals surface area contributed by atoms with E-state index in [1.807, 2.05) is 6.08 Å². The lowest BCUT2D eigenvalue weighted by Gasteiger charge is -2.16. The van der Waals surface area contributed by atoms with Gasteiger partial charge in [-0.2, -0.15) is 0 Å². The third-order valence-electron chi connectivity index (χ3n) is 2.12. The molecule has 0 aliphatic heterocycles. The number of allylic oxidation sites excluding steroid dienone is 1. The van der Waals surface area contributed by atoms with E-state index in [2.05, 4.69) is 16.0 Å². The maximum absolute atomic E-state index is 11.6. The van der Waals surface area contributed by atoms with E-state index in [1.165, 1.54) is 20.3 Å². The number of unbranched alkanes of at least 4 members (excludes halogenated alkanes) is 3. The van der Waals surface area contributed by atoms with Gasteiger partial charge in [0.15, 0.2) is 5.85 Å². The molecule has 1 atom stereocenters. The first-order chi connectivity index (χ1) is 7.10. The zero-order valence-electron chi connectivity index (χ0n) is 9.68. The van der Waals surface area contributed by atoms with Crippen LogP contribution in [-0.2, 0) is 13.6 Å². The molecule has 0 fully saturated rings. The summed E-state index contributed by atoms with van der Waals surface area (Å²) in [4.78, 5) is 0. The molecule has 0 bridgehead atoms. The molecule has 0 saturated carbocycles. The molecular weight excluding hydrogens is 215 g/mol. The third-order valence-corrected chi connectivity index (χ3v) is 3.95. The Labute approximate surface area is 91.8 Å². The average molecular weight is 236 g/mol. The molecule has 0 aromatic rings. The summed E-state index contributed by atoms with van der Waals surface area (Å²) in [6.45, 7) is 2.13. The summed E-state index contributed by atoms with van der Waals surface area (Å²) < 4.78 is 20.9. The smallest absolute Gasteiger partial charge is 0.362 e. The lowest BCUT2D eigenvalue weighted by Crippen LogP contribution is -2.06. The van der Waals surface area contributed by atoms with Gasteiger partial charge in [-0.1, -0.05) is 25.8 Å². The molecule has 0 spiro atoms. The van der Waals surface area contributed by atoms with Gasteiger partial charge in [0.05, 0.1) is 0 Å². The van der Waals surface area contributed by atoms with E-state index in [0.717, 1.165) is 25.7 Å². The third kappa shape index (κ3) is 5.47. The van der Waals surface area contributed by atoms with Crippen LogP contribution in [-0.4, -0.2) is 25.2 Å². The molecule has 4 nitrogen and oxygen atoms in total. The van der Waals surface area contributed by atoms with E-state index >= 15 is 0 Å². The number of hydrogen-bond donors (Lipinski definition) is 1. The fourth-order valence-electron chi connectivity index (χ4n) is 1.13. The highest BCUT2D eigenvalue weighted by molar-refractivity contribution is 7.54. The minimum atomic E-state index is -3.36. The van der Waals surface area contributed by atoms with Crippen molar-refractivity contribution in [3.63, 3.8) is 0 Å². The van der Waals surface area contributed by atoms with Crippen molar-refractivity contribution in [1.82, 2.24) is 0 Å². The van der Waals surface area contributed by atoms with E-state index in [0.29, 0.717) is 0 Å². The molecule has 0 aromatic heterocycles. The highest BCUT2D eigenvalue weighted by Crippen LogP contribution is 2.50. The summed E-state index contributed by atoms with van der Waals surface area (Å²) in [5.41, 5.74) is 0. The minimum Gasteiger partial charge on any atom is -0.377 e. The Morgan fingerprint density at radius 1 is 1.33 bits per heavy atom. The van der Waals surface area contributed by atoms with Gasteiger partial charge in [-0.3, -0.25) is 4.57 Å². The second-order valence-electron chi connectivity index (χ2n) is 3.24. The predicted octanol–water partition coefficient (Wildman–Crippen LogP) is 2.93. The standard InChI is InChI=1S/C10H21O4P/c1-4-5-6-7-8-9-10(11)15(12,13-2)14-3/h8-11H,4-7H2,1-3H3/b9-8+. The van der Waals surface area contributed by atoms with Gasteiger partial charge in [0.25, 0.3) is 0 Å². The fraction of sp³-hybridized carbons (Fsp3) is 0.800. The highest BCUT2D eigenvalue weighted by atomic mass is 31.2.